The number of nitrogens with one attached hydrogen (secondary N) is 3. The number of hydrogen-bond acceptors (Lipinski definition) is 6. The minimum absolute atomic E-state index is 0.106. The predicted octanol–water partition coefficient (Wildman–Crippen LogP) is 0.749. The molecule has 0 saturated carbocycles. The topological polar surface area (TPSA) is 131 Å². The van der Waals surface area contributed by atoms with Gasteiger partial charge in [0.05, 0.1) is 11.3 Å². The summed E-state index contributed by atoms with van der Waals surface area (Å²) in [6, 6.07) is 3.89. The van der Waals surface area contributed by atoms with Gasteiger partial charge in [-0.2, -0.15) is 0 Å². The Labute approximate surface area is 158 Å². The van der Waals surface area contributed by atoms with Crippen molar-refractivity contribution in [2.75, 3.05) is 13.2 Å². The molecule has 0 spiro atoms. The Balaban J connectivity index is 2.38. The van der Waals surface area contributed by atoms with Crippen molar-refractivity contribution in [2.45, 2.75) is 45.1 Å². The van der Waals surface area contributed by atoms with Gasteiger partial charge < -0.3 is 10.1 Å². The molecule has 1 aromatic carbocycles. The lowest BCUT2D eigenvalue weighted by Gasteiger charge is -2.10. The third-order valence-corrected chi connectivity index (χ3v) is 4.91. The summed E-state index contributed by atoms with van der Waals surface area (Å²) in [5.41, 5.74) is 1.81. The van der Waals surface area contributed by atoms with Crippen LogP contribution in [0.5, 0.6) is 0 Å². The molecule has 10 heteroatoms. The van der Waals surface area contributed by atoms with Gasteiger partial charge in [-0.1, -0.05) is 6.07 Å². The lowest BCUT2D eigenvalue weighted by molar-refractivity contribution is -0.148. The van der Waals surface area contributed by atoms with Gasteiger partial charge in [0.2, 0.25) is 10.0 Å². The molecular weight excluding hydrogens is 374 g/mol. The fourth-order valence-corrected chi connectivity index (χ4v) is 3.05. The molecule has 0 saturated heterocycles. The van der Waals surface area contributed by atoms with Crippen LogP contribution in [0.25, 0.3) is 0 Å². The molecule has 0 atom stereocenters. The number of rotatable bonds is 8. The maximum Gasteiger partial charge on any atom is 0.321 e. The average molecular weight is 399 g/mol. The number of esters is 1. The third kappa shape index (κ3) is 8.18. The second-order valence-corrected chi connectivity index (χ2v) is 8.00. The maximum absolute atomic E-state index is 12.2. The van der Waals surface area contributed by atoms with Gasteiger partial charge in [-0.3, -0.25) is 14.9 Å². The summed E-state index contributed by atoms with van der Waals surface area (Å²) in [7, 11) is -3.74. The number of aryl methyl sites for hydroxylation is 2. The van der Waals surface area contributed by atoms with Crippen molar-refractivity contribution in [2.24, 2.45) is 0 Å². The van der Waals surface area contributed by atoms with E-state index in [0.29, 0.717) is 0 Å². The van der Waals surface area contributed by atoms with Crippen molar-refractivity contribution in [1.29, 1.82) is 0 Å². The average Bonchev–Trinajstić information content (AvgIpc) is 2.54. The summed E-state index contributed by atoms with van der Waals surface area (Å²) >= 11 is 0. The first-order valence-corrected chi connectivity index (χ1v) is 9.82. The van der Waals surface area contributed by atoms with Crippen molar-refractivity contribution in [3.8, 4) is 0 Å². The van der Waals surface area contributed by atoms with Crippen LogP contribution in [0.4, 0.5) is 4.79 Å². The lowest BCUT2D eigenvalue weighted by Crippen LogP contribution is -2.44. The van der Waals surface area contributed by atoms with Crippen molar-refractivity contribution in [3.05, 3.63) is 29.3 Å². The third-order valence-electron chi connectivity index (χ3n) is 3.45. The highest BCUT2D eigenvalue weighted by Gasteiger charge is 2.16. The van der Waals surface area contributed by atoms with E-state index in [9.17, 15) is 22.8 Å². The van der Waals surface area contributed by atoms with Crippen LogP contribution >= 0.6 is 0 Å². The van der Waals surface area contributed by atoms with E-state index in [1.54, 1.807) is 32.9 Å². The minimum Gasteiger partial charge on any atom is -0.456 e. The lowest BCUT2D eigenvalue weighted by atomic mass is 10.1. The number of benzene rings is 1. The van der Waals surface area contributed by atoms with E-state index in [2.05, 4.69) is 10.0 Å². The Hall–Kier alpha value is -2.46. The highest BCUT2D eigenvalue weighted by molar-refractivity contribution is 7.89. The first kappa shape index (κ1) is 22.6. The van der Waals surface area contributed by atoms with Crippen molar-refractivity contribution < 1.29 is 27.5 Å². The van der Waals surface area contributed by atoms with Crippen LogP contribution in [-0.2, 0) is 24.3 Å². The summed E-state index contributed by atoms with van der Waals surface area (Å²) < 4.78 is 31.4. The van der Waals surface area contributed by atoms with E-state index >= 15 is 0 Å². The maximum atomic E-state index is 12.2. The molecular formula is C17H25N3O6S. The fraction of sp³-hybridized carbons (Fsp3) is 0.471. The normalized spacial score (nSPS) is 11.1. The minimum atomic E-state index is -3.74. The highest BCUT2D eigenvalue weighted by atomic mass is 32.2. The zero-order valence-corrected chi connectivity index (χ0v) is 16.6. The number of sulfonamides is 1. The number of ether oxygens (including phenoxy) is 1. The molecule has 1 aromatic rings. The summed E-state index contributed by atoms with van der Waals surface area (Å²) in [5.74, 6) is -1.55. The quantitative estimate of drug-likeness (QED) is 0.553. The molecule has 0 unspecified atom stereocenters. The molecule has 1 rings (SSSR count). The largest absolute Gasteiger partial charge is 0.456 e. The Bertz CT molecular complexity index is 805. The van der Waals surface area contributed by atoms with Crippen LogP contribution in [0.1, 0.15) is 31.4 Å². The Morgan fingerprint density at radius 3 is 2.37 bits per heavy atom. The molecule has 0 heterocycles. The summed E-state index contributed by atoms with van der Waals surface area (Å²) in [6.45, 7) is 6.32. The summed E-state index contributed by atoms with van der Waals surface area (Å²) in [5, 5.41) is 4.45. The van der Waals surface area contributed by atoms with Crippen LogP contribution in [-0.4, -0.2) is 45.5 Å². The van der Waals surface area contributed by atoms with Gasteiger partial charge in [0.15, 0.2) is 6.61 Å². The van der Waals surface area contributed by atoms with E-state index in [1.807, 2.05) is 12.2 Å². The highest BCUT2D eigenvalue weighted by Crippen LogP contribution is 2.14. The number of hydrogen-bond donors (Lipinski definition) is 3. The van der Waals surface area contributed by atoms with Crippen LogP contribution < -0.4 is 15.4 Å². The molecule has 0 aliphatic carbocycles. The number of urea groups is 1. The monoisotopic (exact) mass is 399 g/mol. The van der Waals surface area contributed by atoms with Gasteiger partial charge in [0, 0.05) is 12.6 Å². The molecule has 0 aliphatic heterocycles. The van der Waals surface area contributed by atoms with E-state index in [-0.39, 0.29) is 23.9 Å². The SMILES string of the molecule is Cc1ccc(S(=O)(=O)NCCC(=O)OCC(=O)NC(=O)NC(C)C)cc1C. The van der Waals surface area contributed by atoms with E-state index in [1.165, 1.54) is 6.07 Å². The van der Waals surface area contributed by atoms with Crippen LogP contribution in [0.2, 0.25) is 0 Å². The standard InChI is InChI=1S/C17H25N3O6S/c1-11(2)19-17(23)20-15(21)10-26-16(22)7-8-18-27(24,25)14-6-5-12(3)13(4)9-14/h5-6,9,11,18H,7-8,10H2,1-4H3,(H2,19,20,21,23). The number of imide groups is 1. The Morgan fingerprint density at radius 2 is 1.78 bits per heavy atom. The van der Waals surface area contributed by atoms with Gasteiger partial charge >= 0.3 is 12.0 Å². The van der Waals surface area contributed by atoms with Crippen molar-refractivity contribution >= 4 is 27.9 Å². The second-order valence-electron chi connectivity index (χ2n) is 6.23. The zero-order valence-electron chi connectivity index (χ0n) is 15.8. The van der Waals surface area contributed by atoms with Gasteiger partial charge in [-0.15, -0.1) is 0 Å². The van der Waals surface area contributed by atoms with E-state index in [0.717, 1.165) is 11.1 Å². The predicted molar refractivity (Wildman–Crippen MR) is 98.5 cm³/mol. The first-order valence-electron chi connectivity index (χ1n) is 8.34. The molecule has 0 bridgehead atoms. The smallest absolute Gasteiger partial charge is 0.321 e. The molecule has 0 radical (unpaired) electrons. The van der Waals surface area contributed by atoms with Crippen molar-refractivity contribution in [1.82, 2.24) is 15.4 Å². The van der Waals surface area contributed by atoms with Gasteiger partial charge in [0.1, 0.15) is 0 Å². The summed E-state index contributed by atoms with van der Waals surface area (Å²) in [6.07, 6.45) is -0.254. The molecule has 3 N–H and O–H groups in total. The zero-order chi connectivity index (χ0) is 20.6. The van der Waals surface area contributed by atoms with Crippen molar-refractivity contribution in [3.63, 3.8) is 0 Å². The van der Waals surface area contributed by atoms with Crippen LogP contribution in [0.15, 0.2) is 23.1 Å². The molecule has 0 aromatic heterocycles. The van der Waals surface area contributed by atoms with Gasteiger partial charge in [0.25, 0.3) is 5.91 Å². The summed E-state index contributed by atoms with van der Waals surface area (Å²) in [4.78, 5) is 34.5. The fourth-order valence-electron chi connectivity index (χ4n) is 1.93. The first-order chi connectivity index (χ1) is 12.5. The second kappa shape index (κ2) is 10.0. The number of carbonyl (C=O) groups excluding carboxylic acids is 3. The molecule has 0 aliphatic rings. The Morgan fingerprint density at radius 1 is 1.11 bits per heavy atom. The van der Waals surface area contributed by atoms with E-state index < -0.39 is 34.5 Å². The van der Waals surface area contributed by atoms with Gasteiger partial charge in [-0.05, 0) is 51.0 Å². The van der Waals surface area contributed by atoms with E-state index in [4.69, 9.17) is 4.74 Å². The number of amides is 3. The molecule has 0 fully saturated rings. The Kier molecular flexibility index (Phi) is 8.38. The number of carbonyl (C=O) groups is 3. The molecule has 150 valence electrons. The van der Waals surface area contributed by atoms with Crippen LogP contribution in [0.3, 0.4) is 0 Å². The molecule has 3 amide bonds. The molecule has 27 heavy (non-hydrogen) atoms. The molecule has 9 nitrogen and oxygen atoms in total. The van der Waals surface area contributed by atoms with Gasteiger partial charge in [-0.25, -0.2) is 17.9 Å². The van der Waals surface area contributed by atoms with Crippen LogP contribution in [0, 0.1) is 13.8 Å².